The zero-order valence-corrected chi connectivity index (χ0v) is 11.7. The summed E-state index contributed by atoms with van der Waals surface area (Å²) in [6.07, 6.45) is 0.411. The van der Waals surface area contributed by atoms with Crippen LogP contribution in [-0.2, 0) is 11.2 Å². The maximum Gasteiger partial charge on any atom is 0.321 e. The number of urea groups is 1. The van der Waals surface area contributed by atoms with Gasteiger partial charge in [0.25, 0.3) is 0 Å². The van der Waals surface area contributed by atoms with Crippen LogP contribution < -0.4 is 5.32 Å². The summed E-state index contributed by atoms with van der Waals surface area (Å²) in [5, 5.41) is 29.1. The largest absolute Gasteiger partial charge is 0.481 e. The minimum absolute atomic E-state index is 0.0263. The highest BCUT2D eigenvalue weighted by Gasteiger charge is 2.12. The molecule has 0 saturated carbocycles. The average molecular weight is 296 g/mol. The molecule has 116 valence electrons. The van der Waals surface area contributed by atoms with E-state index in [1.54, 1.807) is 24.3 Å². The van der Waals surface area contributed by atoms with Gasteiger partial charge in [0.05, 0.1) is 13.2 Å². The molecule has 0 fully saturated rings. The molecule has 1 aromatic carbocycles. The van der Waals surface area contributed by atoms with Crippen LogP contribution in [-0.4, -0.2) is 58.5 Å². The fourth-order valence-electron chi connectivity index (χ4n) is 1.81. The van der Waals surface area contributed by atoms with E-state index < -0.39 is 12.0 Å². The molecule has 0 aliphatic carbocycles. The molecule has 0 bridgehead atoms. The van der Waals surface area contributed by atoms with Crippen molar-refractivity contribution >= 4 is 17.7 Å². The van der Waals surface area contributed by atoms with Gasteiger partial charge in [-0.15, -0.1) is 0 Å². The van der Waals surface area contributed by atoms with Gasteiger partial charge >= 0.3 is 12.0 Å². The van der Waals surface area contributed by atoms with E-state index in [0.29, 0.717) is 12.1 Å². The van der Waals surface area contributed by atoms with E-state index in [4.69, 9.17) is 15.3 Å². The summed E-state index contributed by atoms with van der Waals surface area (Å²) >= 11 is 0. The van der Waals surface area contributed by atoms with E-state index in [0.717, 1.165) is 5.56 Å². The van der Waals surface area contributed by atoms with Crippen molar-refractivity contribution in [3.63, 3.8) is 0 Å². The molecule has 0 atom stereocenters. The molecule has 4 N–H and O–H groups in total. The zero-order chi connectivity index (χ0) is 15.7. The summed E-state index contributed by atoms with van der Waals surface area (Å²) in [6.45, 7) is -0.117. The van der Waals surface area contributed by atoms with Crippen molar-refractivity contribution in [2.45, 2.75) is 12.8 Å². The van der Waals surface area contributed by atoms with Gasteiger partial charge in [-0.2, -0.15) is 0 Å². The molecular weight excluding hydrogens is 276 g/mol. The molecule has 7 nitrogen and oxygen atoms in total. The smallest absolute Gasteiger partial charge is 0.321 e. The number of aryl methyl sites for hydroxylation is 1. The molecule has 1 rings (SSSR count). The minimum Gasteiger partial charge on any atom is -0.481 e. The van der Waals surface area contributed by atoms with Gasteiger partial charge in [0.1, 0.15) is 0 Å². The third-order valence-electron chi connectivity index (χ3n) is 2.83. The zero-order valence-electron chi connectivity index (χ0n) is 11.7. The van der Waals surface area contributed by atoms with Gasteiger partial charge in [-0.05, 0) is 24.1 Å². The highest BCUT2D eigenvalue weighted by Crippen LogP contribution is 2.13. The van der Waals surface area contributed by atoms with Gasteiger partial charge in [0, 0.05) is 25.2 Å². The topological polar surface area (TPSA) is 110 Å². The predicted octanol–water partition coefficient (Wildman–Crippen LogP) is 0.522. The van der Waals surface area contributed by atoms with Crippen molar-refractivity contribution in [2.24, 2.45) is 0 Å². The number of benzene rings is 1. The van der Waals surface area contributed by atoms with Crippen LogP contribution in [0.15, 0.2) is 24.3 Å². The first kappa shape index (κ1) is 16.9. The maximum absolute atomic E-state index is 12.0. The molecule has 0 aromatic heterocycles. The molecule has 0 spiro atoms. The monoisotopic (exact) mass is 296 g/mol. The number of rotatable bonds is 8. The quantitative estimate of drug-likeness (QED) is 0.559. The number of amides is 2. The second-order valence-electron chi connectivity index (χ2n) is 4.46. The van der Waals surface area contributed by atoms with Crippen molar-refractivity contribution in [3.8, 4) is 0 Å². The standard InChI is InChI=1S/C14H20N2O5/c17-8-6-16(7-9-18)14(21)15-12-3-1-2-11(10-12)4-5-13(19)20/h1-3,10,17-18H,4-9H2,(H,15,21)(H,19,20). The Hall–Kier alpha value is -2.12. The number of hydrogen-bond donors (Lipinski definition) is 4. The highest BCUT2D eigenvalue weighted by molar-refractivity contribution is 5.89. The molecule has 21 heavy (non-hydrogen) atoms. The first-order chi connectivity index (χ1) is 10.1. The highest BCUT2D eigenvalue weighted by atomic mass is 16.4. The van der Waals surface area contributed by atoms with Crippen LogP contribution in [0.3, 0.4) is 0 Å². The van der Waals surface area contributed by atoms with E-state index in [1.165, 1.54) is 4.90 Å². The fourth-order valence-corrected chi connectivity index (χ4v) is 1.81. The van der Waals surface area contributed by atoms with Gasteiger partial charge < -0.3 is 25.5 Å². The number of anilines is 1. The normalized spacial score (nSPS) is 10.2. The Labute approximate surface area is 122 Å². The SMILES string of the molecule is O=C(O)CCc1cccc(NC(=O)N(CCO)CCO)c1. The number of carbonyl (C=O) groups excluding carboxylic acids is 1. The minimum atomic E-state index is -0.874. The van der Waals surface area contributed by atoms with E-state index in [1.807, 2.05) is 0 Å². The predicted molar refractivity (Wildman–Crippen MR) is 77.2 cm³/mol. The van der Waals surface area contributed by atoms with E-state index in [9.17, 15) is 9.59 Å². The molecule has 0 aliphatic rings. The molecule has 7 heteroatoms. The van der Waals surface area contributed by atoms with Gasteiger partial charge in [0.2, 0.25) is 0 Å². The van der Waals surface area contributed by atoms with Crippen LogP contribution in [0.5, 0.6) is 0 Å². The Kier molecular flexibility index (Phi) is 7.20. The van der Waals surface area contributed by atoms with Gasteiger partial charge in [-0.1, -0.05) is 12.1 Å². The number of nitrogens with one attached hydrogen (secondary N) is 1. The number of carbonyl (C=O) groups is 2. The average Bonchev–Trinajstić information content (AvgIpc) is 2.45. The van der Waals surface area contributed by atoms with Crippen LogP contribution in [0.2, 0.25) is 0 Å². The van der Waals surface area contributed by atoms with Gasteiger partial charge in [-0.3, -0.25) is 4.79 Å². The molecule has 0 aliphatic heterocycles. The number of hydrogen-bond acceptors (Lipinski definition) is 4. The summed E-state index contributed by atoms with van der Waals surface area (Å²) in [5.74, 6) is -0.874. The number of nitrogens with zero attached hydrogens (tertiary/aromatic N) is 1. The Morgan fingerprint density at radius 2 is 1.81 bits per heavy atom. The van der Waals surface area contributed by atoms with Crippen LogP contribution in [0.25, 0.3) is 0 Å². The second-order valence-corrected chi connectivity index (χ2v) is 4.46. The van der Waals surface area contributed by atoms with Crippen LogP contribution in [0.1, 0.15) is 12.0 Å². The molecule has 0 heterocycles. The van der Waals surface area contributed by atoms with Gasteiger partial charge in [-0.25, -0.2) is 4.79 Å². The van der Waals surface area contributed by atoms with Crippen LogP contribution in [0.4, 0.5) is 10.5 Å². The lowest BCUT2D eigenvalue weighted by Crippen LogP contribution is -2.38. The number of aliphatic hydroxyl groups excluding tert-OH is 2. The van der Waals surface area contributed by atoms with E-state index in [-0.39, 0.29) is 32.7 Å². The van der Waals surface area contributed by atoms with Crippen molar-refractivity contribution in [1.29, 1.82) is 0 Å². The third-order valence-corrected chi connectivity index (χ3v) is 2.83. The lowest BCUT2D eigenvalue weighted by atomic mass is 10.1. The number of aliphatic carboxylic acids is 1. The van der Waals surface area contributed by atoms with E-state index in [2.05, 4.69) is 5.32 Å². The molecule has 0 saturated heterocycles. The molecule has 0 unspecified atom stereocenters. The number of carboxylic acids is 1. The fraction of sp³-hybridized carbons (Fsp3) is 0.429. The van der Waals surface area contributed by atoms with Crippen molar-refractivity contribution < 1.29 is 24.9 Å². The Balaban J connectivity index is 2.66. The summed E-state index contributed by atoms with van der Waals surface area (Å²) in [4.78, 5) is 23.8. The summed E-state index contributed by atoms with van der Waals surface area (Å²) < 4.78 is 0. The Morgan fingerprint density at radius 1 is 1.14 bits per heavy atom. The van der Waals surface area contributed by atoms with Crippen molar-refractivity contribution in [2.75, 3.05) is 31.6 Å². The third kappa shape index (κ3) is 6.24. The van der Waals surface area contributed by atoms with Crippen LogP contribution >= 0.6 is 0 Å². The first-order valence-corrected chi connectivity index (χ1v) is 6.65. The molecular formula is C14H20N2O5. The summed E-state index contributed by atoms with van der Waals surface area (Å²) in [5.41, 5.74) is 1.36. The Bertz CT molecular complexity index is 472. The van der Waals surface area contributed by atoms with Crippen molar-refractivity contribution in [1.82, 2.24) is 4.90 Å². The van der Waals surface area contributed by atoms with Crippen LogP contribution in [0, 0.1) is 0 Å². The Morgan fingerprint density at radius 3 is 2.38 bits per heavy atom. The van der Waals surface area contributed by atoms with Gasteiger partial charge in [0.15, 0.2) is 0 Å². The molecule has 1 aromatic rings. The second kappa shape index (κ2) is 8.93. The number of aliphatic hydroxyl groups is 2. The maximum atomic E-state index is 12.0. The first-order valence-electron chi connectivity index (χ1n) is 6.65. The molecule has 2 amide bonds. The lowest BCUT2D eigenvalue weighted by Gasteiger charge is -2.21. The van der Waals surface area contributed by atoms with E-state index >= 15 is 0 Å². The number of carboxylic acid groups (broad SMARTS) is 1. The lowest BCUT2D eigenvalue weighted by molar-refractivity contribution is -0.136. The summed E-state index contributed by atoms with van der Waals surface area (Å²) in [6, 6.07) is 6.50. The molecule has 0 radical (unpaired) electrons. The van der Waals surface area contributed by atoms with Crippen molar-refractivity contribution in [3.05, 3.63) is 29.8 Å². The summed E-state index contributed by atoms with van der Waals surface area (Å²) in [7, 11) is 0.